The standard InChI is InChI=1S/C23H32N3O9PS/c1-5-16(20(29)33-14(2)3)25-36(37,35-15-9-7-6-8-10-15)32-13-17-19(28)23(4,31)21(34-17)26-12-11-18(27)24-22(26)30/h6-12,14,16-17,19,21,28,31H,5,13H2,1-4H3,(H,25,37)(H,24,27,30)/t16?,17-,19-,21-,23-,36?/m1/s1. The fourth-order valence-corrected chi connectivity index (χ4v) is 6.10. The van der Waals surface area contributed by atoms with Crippen molar-refractivity contribution >= 4 is 24.4 Å². The Morgan fingerprint density at radius 1 is 1.30 bits per heavy atom. The number of hydrogen-bond acceptors (Lipinski definition) is 10. The lowest BCUT2D eigenvalue weighted by atomic mass is 9.96. The lowest BCUT2D eigenvalue weighted by Gasteiger charge is -2.29. The summed E-state index contributed by atoms with van der Waals surface area (Å²) in [6, 6.07) is 8.88. The first kappa shape index (κ1) is 29.2. The Morgan fingerprint density at radius 3 is 2.57 bits per heavy atom. The zero-order chi connectivity index (χ0) is 27.4. The number of aliphatic hydroxyl groups excluding tert-OH is 1. The third-order valence-electron chi connectivity index (χ3n) is 5.59. The lowest BCUT2D eigenvalue weighted by molar-refractivity contribution is -0.149. The summed E-state index contributed by atoms with van der Waals surface area (Å²) < 4.78 is 24.0. The smallest absolute Gasteiger partial charge is 0.330 e. The summed E-state index contributed by atoms with van der Waals surface area (Å²) in [6.45, 7) is 2.73. The summed E-state index contributed by atoms with van der Waals surface area (Å²) in [4.78, 5) is 38.4. The predicted octanol–water partition coefficient (Wildman–Crippen LogP) is 1.19. The van der Waals surface area contributed by atoms with Crippen molar-refractivity contribution in [1.29, 1.82) is 0 Å². The summed E-state index contributed by atoms with van der Waals surface area (Å²) in [5.41, 5.74) is -3.36. The van der Waals surface area contributed by atoms with Crippen molar-refractivity contribution in [3.63, 3.8) is 0 Å². The van der Waals surface area contributed by atoms with Crippen LogP contribution in [0, 0.1) is 0 Å². The fourth-order valence-electron chi connectivity index (χ4n) is 3.69. The monoisotopic (exact) mass is 557 g/mol. The minimum atomic E-state index is -3.45. The molecular weight excluding hydrogens is 525 g/mol. The Kier molecular flexibility index (Phi) is 9.46. The molecule has 1 aliphatic rings. The molecule has 1 fully saturated rings. The summed E-state index contributed by atoms with van der Waals surface area (Å²) in [6.07, 6.45) is -2.80. The molecule has 0 bridgehead atoms. The highest BCUT2D eigenvalue weighted by molar-refractivity contribution is 8.09. The van der Waals surface area contributed by atoms with Gasteiger partial charge in [-0.25, -0.2) is 9.88 Å². The largest absolute Gasteiger partial charge is 0.462 e. The first-order chi connectivity index (χ1) is 17.4. The predicted molar refractivity (Wildman–Crippen MR) is 138 cm³/mol. The molecule has 1 aliphatic heterocycles. The van der Waals surface area contributed by atoms with E-state index < -0.39 is 53.9 Å². The Bertz CT molecular complexity index is 1230. The van der Waals surface area contributed by atoms with Gasteiger partial charge in [0.1, 0.15) is 29.6 Å². The van der Waals surface area contributed by atoms with Crippen LogP contribution in [-0.2, 0) is 30.6 Å². The van der Waals surface area contributed by atoms with Crippen LogP contribution in [0.15, 0.2) is 52.2 Å². The zero-order valence-electron chi connectivity index (χ0n) is 20.9. The molecule has 1 saturated heterocycles. The Morgan fingerprint density at radius 2 is 1.97 bits per heavy atom. The maximum Gasteiger partial charge on any atom is 0.330 e. The van der Waals surface area contributed by atoms with Crippen LogP contribution in [0.3, 0.4) is 0 Å². The van der Waals surface area contributed by atoms with Gasteiger partial charge in [-0.05, 0) is 51.1 Å². The van der Waals surface area contributed by atoms with Gasteiger partial charge < -0.3 is 28.7 Å². The van der Waals surface area contributed by atoms with Crippen LogP contribution >= 0.6 is 6.64 Å². The number of nitrogens with zero attached hydrogens (tertiary/aromatic N) is 1. The molecule has 3 rings (SSSR count). The highest BCUT2D eigenvalue weighted by Crippen LogP contribution is 2.47. The van der Waals surface area contributed by atoms with Gasteiger partial charge in [0.05, 0.1) is 12.7 Å². The number of para-hydroxylation sites is 1. The van der Waals surface area contributed by atoms with E-state index in [0.29, 0.717) is 12.2 Å². The highest BCUT2D eigenvalue weighted by atomic mass is 32.5. The zero-order valence-corrected chi connectivity index (χ0v) is 22.6. The number of aromatic amines is 1. The van der Waals surface area contributed by atoms with Crippen LogP contribution in [0.25, 0.3) is 0 Å². The first-order valence-electron chi connectivity index (χ1n) is 11.7. The molecule has 2 unspecified atom stereocenters. The van der Waals surface area contributed by atoms with Crippen LogP contribution in [0.4, 0.5) is 0 Å². The quantitative estimate of drug-likeness (QED) is 0.232. The van der Waals surface area contributed by atoms with E-state index in [-0.39, 0.29) is 12.7 Å². The van der Waals surface area contributed by atoms with Gasteiger partial charge in [-0.2, -0.15) is 0 Å². The second-order valence-electron chi connectivity index (χ2n) is 8.99. The molecule has 2 heterocycles. The minimum Gasteiger partial charge on any atom is -0.462 e. The number of aromatic nitrogens is 2. The van der Waals surface area contributed by atoms with E-state index in [1.165, 1.54) is 6.92 Å². The summed E-state index contributed by atoms with van der Waals surface area (Å²) in [5.74, 6) is -0.132. The van der Waals surface area contributed by atoms with Gasteiger partial charge in [0.15, 0.2) is 6.23 Å². The van der Waals surface area contributed by atoms with Gasteiger partial charge in [-0.15, -0.1) is 0 Å². The molecule has 37 heavy (non-hydrogen) atoms. The molecular formula is C23H32N3O9PS. The highest BCUT2D eigenvalue weighted by Gasteiger charge is 2.54. The van der Waals surface area contributed by atoms with Crippen LogP contribution in [0.1, 0.15) is 40.3 Å². The van der Waals surface area contributed by atoms with Crippen molar-refractivity contribution in [2.75, 3.05) is 6.61 Å². The molecule has 0 aliphatic carbocycles. The van der Waals surface area contributed by atoms with Gasteiger partial charge in [-0.3, -0.25) is 19.1 Å². The average Bonchev–Trinajstić information content (AvgIpc) is 3.05. The Balaban J connectivity index is 1.82. The third kappa shape index (κ3) is 7.14. The molecule has 204 valence electrons. The topological polar surface area (TPSA) is 161 Å². The summed E-state index contributed by atoms with van der Waals surface area (Å²) in [7, 11) is 0. The van der Waals surface area contributed by atoms with Gasteiger partial charge in [0.25, 0.3) is 5.56 Å². The Labute approximate surface area is 218 Å². The fraction of sp³-hybridized carbons (Fsp3) is 0.522. The van der Waals surface area contributed by atoms with Crippen molar-refractivity contribution in [1.82, 2.24) is 14.6 Å². The van der Waals surface area contributed by atoms with Crippen molar-refractivity contribution in [3.05, 3.63) is 63.4 Å². The van der Waals surface area contributed by atoms with Crippen molar-refractivity contribution in [3.8, 4) is 5.75 Å². The molecule has 0 amide bonds. The van der Waals surface area contributed by atoms with Gasteiger partial charge >= 0.3 is 18.3 Å². The Hall–Kier alpha value is -2.38. The van der Waals surface area contributed by atoms with E-state index in [1.54, 1.807) is 51.1 Å². The maximum absolute atomic E-state index is 12.6. The summed E-state index contributed by atoms with van der Waals surface area (Å²) >= 11 is 5.70. The van der Waals surface area contributed by atoms with Gasteiger partial charge in [-0.1, -0.05) is 25.1 Å². The number of rotatable bonds is 11. The molecule has 14 heteroatoms. The molecule has 0 radical (unpaired) electrons. The SMILES string of the molecule is CCC(NP(=S)(OC[C@H]1O[C@@H](n2ccc(=O)[nH]c2=O)[C@](C)(O)[C@@H]1O)Oc1ccccc1)C(=O)OC(C)C. The van der Waals surface area contributed by atoms with Crippen LogP contribution < -0.4 is 20.9 Å². The molecule has 4 N–H and O–H groups in total. The van der Waals surface area contributed by atoms with Crippen LogP contribution in [0.2, 0.25) is 0 Å². The number of aliphatic hydroxyl groups is 2. The van der Waals surface area contributed by atoms with Crippen LogP contribution in [-0.4, -0.2) is 62.3 Å². The number of carbonyl (C=O) groups excluding carboxylic acids is 1. The third-order valence-corrected chi connectivity index (χ3v) is 8.02. The molecule has 1 aromatic heterocycles. The summed E-state index contributed by atoms with van der Waals surface area (Å²) in [5, 5.41) is 24.7. The van der Waals surface area contributed by atoms with Gasteiger partial charge in [0.2, 0.25) is 0 Å². The number of nitrogens with one attached hydrogen (secondary N) is 2. The number of hydrogen-bond donors (Lipinski definition) is 4. The van der Waals surface area contributed by atoms with Crippen LogP contribution in [0.5, 0.6) is 5.75 Å². The molecule has 12 nitrogen and oxygen atoms in total. The maximum atomic E-state index is 12.6. The van der Waals surface area contributed by atoms with E-state index in [0.717, 1.165) is 16.8 Å². The van der Waals surface area contributed by atoms with E-state index in [1.807, 2.05) is 0 Å². The van der Waals surface area contributed by atoms with E-state index in [2.05, 4.69) is 10.1 Å². The van der Waals surface area contributed by atoms with Crippen molar-refractivity contribution in [2.45, 2.75) is 70.3 Å². The lowest BCUT2D eigenvalue weighted by Crippen LogP contribution is -2.47. The van der Waals surface area contributed by atoms with Gasteiger partial charge in [0, 0.05) is 12.3 Å². The minimum absolute atomic E-state index is 0.333. The second-order valence-corrected chi connectivity index (χ2v) is 12.1. The molecule has 2 aromatic rings. The number of H-pyrrole nitrogens is 1. The van der Waals surface area contributed by atoms with Crippen molar-refractivity contribution < 1.29 is 33.5 Å². The second kappa shape index (κ2) is 12.0. The molecule has 0 spiro atoms. The van der Waals surface area contributed by atoms with E-state index >= 15 is 0 Å². The first-order valence-corrected chi connectivity index (χ1v) is 14.3. The molecule has 0 saturated carbocycles. The van der Waals surface area contributed by atoms with E-state index in [9.17, 15) is 24.6 Å². The van der Waals surface area contributed by atoms with Crippen molar-refractivity contribution in [2.24, 2.45) is 0 Å². The molecule has 6 atom stereocenters. The number of esters is 1. The van der Waals surface area contributed by atoms with E-state index in [4.69, 9.17) is 30.3 Å². The number of benzene rings is 1. The molecule has 1 aromatic carbocycles. The number of ether oxygens (including phenoxy) is 2. The number of carbonyl (C=O) groups is 1. The average molecular weight is 558 g/mol. The normalized spacial score (nSPS) is 26.0.